The number of carbonyl (C=O) groups is 1. The van der Waals surface area contributed by atoms with Crippen molar-refractivity contribution in [1.82, 2.24) is 9.80 Å². The summed E-state index contributed by atoms with van der Waals surface area (Å²) in [5, 5.41) is 0.786. The summed E-state index contributed by atoms with van der Waals surface area (Å²) >= 11 is 6.44. The van der Waals surface area contributed by atoms with Gasteiger partial charge in [0, 0.05) is 54.8 Å². The Bertz CT molecular complexity index is 1080. The third kappa shape index (κ3) is 5.92. The highest BCUT2D eigenvalue weighted by molar-refractivity contribution is 6.33. The second-order valence-corrected chi connectivity index (χ2v) is 10.3. The number of hydrogen-bond acceptors (Lipinski definition) is 3. The summed E-state index contributed by atoms with van der Waals surface area (Å²) < 4.78 is 0. The van der Waals surface area contributed by atoms with Gasteiger partial charge in [-0.2, -0.15) is 0 Å². The number of benzene rings is 3. The number of aryl methyl sites for hydroxylation is 1. The summed E-state index contributed by atoms with van der Waals surface area (Å²) in [6.45, 7) is 10.7. The van der Waals surface area contributed by atoms with E-state index in [9.17, 15) is 4.79 Å². The van der Waals surface area contributed by atoms with Crippen molar-refractivity contribution in [3.8, 4) is 11.1 Å². The topological polar surface area (TPSA) is 23.6 Å². The molecule has 1 aliphatic heterocycles. The molecule has 0 spiro atoms. The zero-order chi connectivity index (χ0) is 23.4. The molecule has 3 aromatic carbocycles. The van der Waals surface area contributed by atoms with Crippen LogP contribution >= 0.6 is 11.6 Å². The first kappa shape index (κ1) is 23.7. The van der Waals surface area contributed by atoms with E-state index in [1.54, 1.807) is 0 Å². The molecule has 0 N–H and O–H groups in total. The fourth-order valence-electron chi connectivity index (χ4n) is 4.67. The smallest absolute Gasteiger partial charge is 0.126 e. The lowest BCUT2D eigenvalue weighted by molar-refractivity contribution is -0.116. The van der Waals surface area contributed by atoms with Gasteiger partial charge in [0.25, 0.3) is 0 Å². The highest BCUT2D eigenvalue weighted by Gasteiger charge is 2.32. The van der Waals surface area contributed by atoms with Gasteiger partial charge in [0.1, 0.15) is 6.29 Å². The van der Waals surface area contributed by atoms with Gasteiger partial charge in [-0.25, -0.2) is 0 Å². The summed E-state index contributed by atoms with van der Waals surface area (Å²) in [7, 11) is 0. The zero-order valence-corrected chi connectivity index (χ0v) is 20.6. The second-order valence-electron chi connectivity index (χ2n) is 9.92. The maximum atomic E-state index is 11.6. The average Bonchev–Trinajstić information content (AvgIpc) is 2.82. The lowest BCUT2D eigenvalue weighted by Crippen LogP contribution is -2.50. The van der Waals surface area contributed by atoms with Crippen molar-refractivity contribution < 1.29 is 4.79 Å². The van der Waals surface area contributed by atoms with E-state index in [1.165, 1.54) is 16.7 Å². The van der Waals surface area contributed by atoms with Crippen LogP contribution in [0, 0.1) is 12.3 Å². The number of hydrogen-bond donors (Lipinski definition) is 0. The molecule has 0 bridgehead atoms. The Morgan fingerprint density at radius 3 is 2.42 bits per heavy atom. The van der Waals surface area contributed by atoms with Gasteiger partial charge < -0.3 is 4.79 Å². The second kappa shape index (κ2) is 10.2. The largest absolute Gasteiger partial charge is 0.303 e. The lowest BCUT2D eigenvalue weighted by Gasteiger charge is -2.44. The zero-order valence-electron chi connectivity index (χ0n) is 19.8. The minimum Gasteiger partial charge on any atom is -0.303 e. The Morgan fingerprint density at radius 2 is 1.73 bits per heavy atom. The number of aldehydes is 1. The first-order valence-electron chi connectivity index (χ1n) is 11.7. The molecular weight excluding hydrogens is 428 g/mol. The molecule has 172 valence electrons. The quantitative estimate of drug-likeness (QED) is 0.381. The Hall–Kier alpha value is -2.46. The predicted octanol–water partition coefficient (Wildman–Crippen LogP) is 6.40. The number of piperazine rings is 1. The van der Waals surface area contributed by atoms with Crippen molar-refractivity contribution >= 4 is 17.9 Å². The molecule has 1 heterocycles. The summed E-state index contributed by atoms with van der Waals surface area (Å²) in [6, 6.07) is 25.9. The molecule has 3 nitrogen and oxygen atoms in total. The Balaban J connectivity index is 1.49. The summed E-state index contributed by atoms with van der Waals surface area (Å²) in [5.41, 5.74) is 5.71. The molecule has 33 heavy (non-hydrogen) atoms. The van der Waals surface area contributed by atoms with E-state index in [4.69, 9.17) is 11.6 Å². The number of nitrogens with zero attached hydrogens (tertiary/aromatic N) is 2. The molecular formula is C29H33ClN2O. The number of rotatable bonds is 7. The van der Waals surface area contributed by atoms with Crippen molar-refractivity contribution in [2.24, 2.45) is 5.41 Å². The normalized spacial score (nSPS) is 17.8. The first-order valence-corrected chi connectivity index (χ1v) is 12.1. The standard InChI is InChI=1S/C29H33ClN2O/c1-22-9-14-27(30)26(17-22)24-12-10-23(11-13-24)18-31-15-16-32(20-29(2,3)21-33)28(19-31)25-7-5-4-6-8-25/h4-14,17,21,28H,15-16,18-20H2,1-3H3. The number of halogens is 1. The van der Waals surface area contributed by atoms with Crippen LogP contribution in [0.15, 0.2) is 72.8 Å². The predicted molar refractivity (Wildman–Crippen MR) is 138 cm³/mol. The molecule has 1 fully saturated rings. The van der Waals surface area contributed by atoms with Crippen molar-refractivity contribution in [2.45, 2.75) is 33.4 Å². The van der Waals surface area contributed by atoms with Crippen molar-refractivity contribution in [3.05, 3.63) is 94.5 Å². The van der Waals surface area contributed by atoms with Crippen LogP contribution in [0.1, 0.15) is 36.6 Å². The summed E-state index contributed by atoms with van der Waals surface area (Å²) in [5.74, 6) is 0. The molecule has 1 saturated heterocycles. The maximum Gasteiger partial charge on any atom is 0.126 e. The van der Waals surface area contributed by atoms with E-state index in [0.29, 0.717) is 0 Å². The molecule has 4 rings (SSSR count). The maximum absolute atomic E-state index is 11.6. The van der Waals surface area contributed by atoms with E-state index < -0.39 is 0 Å². The average molecular weight is 461 g/mol. The SMILES string of the molecule is Cc1ccc(Cl)c(-c2ccc(CN3CCN(CC(C)(C)C=O)C(c4ccccc4)C3)cc2)c1. The Morgan fingerprint density at radius 1 is 1.00 bits per heavy atom. The Kier molecular flexibility index (Phi) is 7.33. The van der Waals surface area contributed by atoms with Gasteiger partial charge in [0.15, 0.2) is 0 Å². The third-order valence-corrected chi connectivity index (χ3v) is 6.81. The Labute approximate surface area is 203 Å². The lowest BCUT2D eigenvalue weighted by atomic mass is 9.92. The minimum absolute atomic E-state index is 0.282. The molecule has 0 saturated carbocycles. The fourth-order valence-corrected chi connectivity index (χ4v) is 4.90. The van der Waals surface area contributed by atoms with Crippen molar-refractivity contribution in [2.75, 3.05) is 26.2 Å². The molecule has 1 atom stereocenters. The van der Waals surface area contributed by atoms with Gasteiger partial charge in [-0.3, -0.25) is 9.80 Å². The number of carbonyl (C=O) groups excluding carboxylic acids is 1. The van der Waals surface area contributed by atoms with E-state index in [-0.39, 0.29) is 11.5 Å². The first-order chi connectivity index (χ1) is 15.8. The highest BCUT2D eigenvalue weighted by atomic mass is 35.5. The van der Waals surface area contributed by atoms with Crippen LogP contribution in [0.25, 0.3) is 11.1 Å². The minimum atomic E-state index is -0.345. The van der Waals surface area contributed by atoms with Crippen LogP contribution in [0.2, 0.25) is 5.02 Å². The van der Waals surface area contributed by atoms with E-state index in [2.05, 4.69) is 77.4 Å². The summed E-state index contributed by atoms with van der Waals surface area (Å²) in [4.78, 5) is 16.6. The van der Waals surface area contributed by atoms with Crippen LogP contribution < -0.4 is 0 Å². The van der Waals surface area contributed by atoms with Crippen molar-refractivity contribution in [1.29, 1.82) is 0 Å². The van der Waals surface area contributed by atoms with Crippen LogP contribution in [0.3, 0.4) is 0 Å². The van der Waals surface area contributed by atoms with E-state index in [1.807, 2.05) is 26.0 Å². The van der Waals surface area contributed by atoms with Gasteiger partial charge in [-0.15, -0.1) is 0 Å². The third-order valence-electron chi connectivity index (χ3n) is 6.48. The molecule has 4 heteroatoms. The van der Waals surface area contributed by atoms with Crippen LogP contribution in [0.5, 0.6) is 0 Å². The molecule has 0 radical (unpaired) electrons. The highest BCUT2D eigenvalue weighted by Crippen LogP contribution is 2.31. The van der Waals surface area contributed by atoms with E-state index >= 15 is 0 Å². The van der Waals surface area contributed by atoms with Crippen LogP contribution in [-0.4, -0.2) is 42.3 Å². The van der Waals surface area contributed by atoms with Crippen molar-refractivity contribution in [3.63, 3.8) is 0 Å². The van der Waals surface area contributed by atoms with Gasteiger partial charge in [0.2, 0.25) is 0 Å². The molecule has 0 amide bonds. The fraction of sp³-hybridized carbons (Fsp3) is 0.345. The van der Waals surface area contributed by atoms with Crippen LogP contribution in [-0.2, 0) is 11.3 Å². The van der Waals surface area contributed by atoms with Gasteiger partial charge in [-0.1, -0.05) is 91.7 Å². The molecule has 0 aliphatic carbocycles. The van der Waals surface area contributed by atoms with E-state index in [0.717, 1.165) is 55.2 Å². The molecule has 1 unspecified atom stereocenters. The molecule has 1 aliphatic rings. The van der Waals surface area contributed by atoms with Gasteiger partial charge in [-0.05, 0) is 35.7 Å². The monoisotopic (exact) mass is 460 g/mol. The van der Waals surface area contributed by atoms with Gasteiger partial charge >= 0.3 is 0 Å². The molecule has 0 aromatic heterocycles. The van der Waals surface area contributed by atoms with Gasteiger partial charge in [0.05, 0.1) is 0 Å². The summed E-state index contributed by atoms with van der Waals surface area (Å²) in [6.07, 6.45) is 1.09. The van der Waals surface area contributed by atoms with Crippen LogP contribution in [0.4, 0.5) is 0 Å². The molecule has 3 aromatic rings.